The first-order chi connectivity index (χ1) is 7.58. The van der Waals surface area contributed by atoms with Crippen molar-refractivity contribution in [3.63, 3.8) is 0 Å². The van der Waals surface area contributed by atoms with Crippen LogP contribution in [0.3, 0.4) is 0 Å². The van der Waals surface area contributed by atoms with Gasteiger partial charge >= 0.3 is 0 Å². The van der Waals surface area contributed by atoms with E-state index in [-0.39, 0.29) is 0 Å². The molecule has 0 rings (SSSR count). The Kier molecular flexibility index (Phi) is 15.9. The zero-order chi connectivity index (χ0) is 12.8. The van der Waals surface area contributed by atoms with Crippen molar-refractivity contribution in [2.45, 2.75) is 66.2 Å². The molecule has 0 radical (unpaired) electrons. The fourth-order valence-electron chi connectivity index (χ4n) is 1.38. The van der Waals surface area contributed by atoms with E-state index in [4.69, 9.17) is 0 Å². The topological polar surface area (TPSA) is 34.1 Å². The smallest absolute Gasteiger partial charge is 0.120 e. The lowest BCUT2D eigenvalue weighted by molar-refractivity contribution is -0.109. The van der Waals surface area contributed by atoms with Gasteiger partial charge in [0, 0.05) is 12.8 Å². The Morgan fingerprint density at radius 1 is 1.00 bits per heavy atom. The first kappa shape index (κ1) is 17.7. The summed E-state index contributed by atoms with van der Waals surface area (Å²) in [5, 5.41) is 0. The summed E-state index contributed by atoms with van der Waals surface area (Å²) >= 11 is 0. The first-order valence-electron chi connectivity index (χ1n) is 6.45. The summed E-state index contributed by atoms with van der Waals surface area (Å²) in [5.74, 6) is 1.34. The van der Waals surface area contributed by atoms with Gasteiger partial charge in [0.05, 0.1) is 0 Å². The molecule has 16 heavy (non-hydrogen) atoms. The van der Waals surface area contributed by atoms with Crippen LogP contribution >= 0.6 is 0 Å². The van der Waals surface area contributed by atoms with Crippen molar-refractivity contribution in [2.24, 2.45) is 11.8 Å². The van der Waals surface area contributed by atoms with Crippen molar-refractivity contribution < 1.29 is 9.59 Å². The molecular weight excluding hydrogens is 200 g/mol. The van der Waals surface area contributed by atoms with Crippen molar-refractivity contribution >= 4 is 12.6 Å². The maximum absolute atomic E-state index is 9.89. The van der Waals surface area contributed by atoms with E-state index in [0.717, 1.165) is 37.8 Å². The molecule has 0 aliphatic carbocycles. The fourth-order valence-corrected chi connectivity index (χ4v) is 1.38. The van der Waals surface area contributed by atoms with Crippen LogP contribution in [0.4, 0.5) is 0 Å². The molecule has 2 heteroatoms. The van der Waals surface area contributed by atoms with Crippen molar-refractivity contribution in [2.75, 3.05) is 0 Å². The average molecular weight is 228 g/mol. The maximum Gasteiger partial charge on any atom is 0.120 e. The molecule has 1 atom stereocenters. The van der Waals surface area contributed by atoms with Gasteiger partial charge in [0.25, 0.3) is 0 Å². The molecule has 0 saturated carbocycles. The minimum atomic E-state index is 0.595. The number of rotatable bonds is 8. The van der Waals surface area contributed by atoms with E-state index < -0.39 is 0 Å². The second-order valence-corrected chi connectivity index (χ2v) is 4.79. The Bertz CT molecular complexity index is 153. The van der Waals surface area contributed by atoms with E-state index >= 15 is 0 Å². The van der Waals surface area contributed by atoms with Crippen LogP contribution in [0.25, 0.3) is 0 Å². The Balaban J connectivity index is 0. The Labute approximate surface area is 101 Å². The summed E-state index contributed by atoms with van der Waals surface area (Å²) in [6.07, 6.45) is 8.06. The highest BCUT2D eigenvalue weighted by Gasteiger charge is 1.96. The molecule has 0 aromatic rings. The molecule has 96 valence electrons. The van der Waals surface area contributed by atoms with Gasteiger partial charge in [-0.25, -0.2) is 0 Å². The molecule has 2 nitrogen and oxygen atoms in total. The van der Waals surface area contributed by atoms with E-state index in [9.17, 15) is 9.59 Å². The van der Waals surface area contributed by atoms with Crippen molar-refractivity contribution in [3.05, 3.63) is 0 Å². The van der Waals surface area contributed by atoms with Gasteiger partial charge in [-0.15, -0.1) is 0 Å². The molecule has 0 spiro atoms. The number of hydrogen-bond donors (Lipinski definition) is 0. The minimum Gasteiger partial charge on any atom is -0.303 e. The predicted molar refractivity (Wildman–Crippen MR) is 69.5 cm³/mol. The lowest BCUT2D eigenvalue weighted by Crippen LogP contribution is -1.92. The van der Waals surface area contributed by atoms with Gasteiger partial charge in [0.15, 0.2) is 0 Å². The summed E-state index contributed by atoms with van der Waals surface area (Å²) in [6, 6.07) is 0. The molecule has 0 aromatic heterocycles. The van der Waals surface area contributed by atoms with Crippen molar-refractivity contribution in [3.8, 4) is 0 Å². The molecule has 0 saturated heterocycles. The van der Waals surface area contributed by atoms with E-state index in [1.165, 1.54) is 19.3 Å². The van der Waals surface area contributed by atoms with E-state index in [1.54, 1.807) is 0 Å². The van der Waals surface area contributed by atoms with Gasteiger partial charge in [0.1, 0.15) is 12.6 Å². The van der Waals surface area contributed by atoms with Crippen LogP contribution in [-0.2, 0) is 9.59 Å². The Hall–Kier alpha value is -0.660. The zero-order valence-electron chi connectivity index (χ0n) is 11.4. The molecule has 0 fully saturated rings. The summed E-state index contributed by atoms with van der Waals surface area (Å²) in [7, 11) is 0. The molecular formula is C14H28O2. The predicted octanol–water partition coefficient (Wildman–Crippen LogP) is 4.02. The maximum atomic E-state index is 9.89. The van der Waals surface area contributed by atoms with Crippen LogP contribution in [0.1, 0.15) is 66.2 Å². The molecule has 0 aliphatic rings. The van der Waals surface area contributed by atoms with E-state index in [0.29, 0.717) is 5.92 Å². The first-order valence-corrected chi connectivity index (χ1v) is 6.45. The van der Waals surface area contributed by atoms with Gasteiger partial charge in [-0.3, -0.25) is 0 Å². The van der Waals surface area contributed by atoms with Crippen LogP contribution in [0.5, 0.6) is 0 Å². The number of carbonyl (C=O) groups excluding carboxylic acids is 2. The van der Waals surface area contributed by atoms with Crippen molar-refractivity contribution in [1.82, 2.24) is 0 Å². The molecule has 0 amide bonds. The summed E-state index contributed by atoms with van der Waals surface area (Å²) in [5.41, 5.74) is 0. The Morgan fingerprint density at radius 2 is 1.62 bits per heavy atom. The van der Waals surface area contributed by atoms with Crippen LogP contribution in [0, 0.1) is 11.8 Å². The monoisotopic (exact) mass is 228 g/mol. The summed E-state index contributed by atoms with van der Waals surface area (Å²) < 4.78 is 0. The Morgan fingerprint density at radius 3 is 2.00 bits per heavy atom. The molecule has 0 bridgehead atoms. The van der Waals surface area contributed by atoms with Gasteiger partial charge in [-0.1, -0.05) is 47.0 Å². The highest BCUT2D eigenvalue weighted by molar-refractivity contribution is 5.49. The second kappa shape index (κ2) is 14.3. The number of unbranched alkanes of at least 4 members (excludes halogenated alkanes) is 1. The fraction of sp³-hybridized carbons (Fsp3) is 0.857. The van der Waals surface area contributed by atoms with Crippen LogP contribution in [-0.4, -0.2) is 12.6 Å². The largest absolute Gasteiger partial charge is 0.303 e. The third-order valence-corrected chi connectivity index (χ3v) is 2.38. The third kappa shape index (κ3) is 19.0. The highest BCUT2D eigenvalue weighted by atomic mass is 16.1. The van der Waals surface area contributed by atoms with Gasteiger partial charge < -0.3 is 9.59 Å². The van der Waals surface area contributed by atoms with Crippen molar-refractivity contribution in [1.29, 1.82) is 0 Å². The lowest BCUT2D eigenvalue weighted by atomic mass is 10.0. The van der Waals surface area contributed by atoms with E-state index in [2.05, 4.69) is 27.7 Å². The quantitative estimate of drug-likeness (QED) is 0.464. The molecule has 0 aliphatic heterocycles. The molecule has 0 heterocycles. The minimum absolute atomic E-state index is 0.595. The number of aldehydes is 2. The molecule has 0 aromatic carbocycles. The van der Waals surface area contributed by atoms with Gasteiger partial charge in [-0.05, 0) is 18.3 Å². The summed E-state index contributed by atoms with van der Waals surface area (Å²) in [4.78, 5) is 19.7. The second-order valence-electron chi connectivity index (χ2n) is 4.79. The lowest BCUT2D eigenvalue weighted by Gasteiger charge is -2.01. The van der Waals surface area contributed by atoms with Crippen LogP contribution < -0.4 is 0 Å². The third-order valence-electron chi connectivity index (χ3n) is 2.38. The van der Waals surface area contributed by atoms with E-state index in [1.807, 2.05) is 0 Å². The zero-order valence-corrected chi connectivity index (χ0v) is 11.4. The number of hydrogen-bond acceptors (Lipinski definition) is 2. The van der Waals surface area contributed by atoms with Crippen LogP contribution in [0.15, 0.2) is 0 Å². The van der Waals surface area contributed by atoms with Gasteiger partial charge in [-0.2, -0.15) is 0 Å². The summed E-state index contributed by atoms with van der Waals surface area (Å²) in [6.45, 7) is 8.59. The SMILES string of the molecule is CC(C)CCCC=O.CCCC(C)CC=O. The van der Waals surface area contributed by atoms with Crippen LogP contribution in [0.2, 0.25) is 0 Å². The molecule has 1 unspecified atom stereocenters. The normalized spacial score (nSPS) is 11.6. The molecule has 0 N–H and O–H groups in total. The van der Waals surface area contributed by atoms with Gasteiger partial charge in [0.2, 0.25) is 0 Å². The number of carbonyl (C=O) groups is 2. The average Bonchev–Trinajstić information content (AvgIpc) is 2.19. The standard InChI is InChI=1S/2C7H14O/c1-7(2)5-3-4-6-8;1-3-4-7(2)5-6-8/h2*6-7H,3-5H2,1-2H3. The highest BCUT2D eigenvalue weighted by Crippen LogP contribution is 2.06.